The van der Waals surface area contributed by atoms with Crippen LogP contribution in [0.25, 0.3) is 0 Å². The van der Waals surface area contributed by atoms with Crippen LogP contribution in [-0.2, 0) is 4.79 Å². The van der Waals surface area contributed by atoms with Crippen molar-refractivity contribution in [2.24, 2.45) is 10.7 Å². The zero-order valence-electron chi connectivity index (χ0n) is 9.29. The number of carbonyl (C=O) groups is 1. The van der Waals surface area contributed by atoms with E-state index in [9.17, 15) is 4.79 Å². The van der Waals surface area contributed by atoms with Gasteiger partial charge in [-0.25, -0.2) is 0 Å². The summed E-state index contributed by atoms with van der Waals surface area (Å²) in [7, 11) is 3.35. The average Bonchev–Trinajstić information content (AvgIpc) is 2.45. The maximum Gasteiger partial charge on any atom is 0.269 e. The summed E-state index contributed by atoms with van der Waals surface area (Å²) in [5, 5.41) is 3.22. The standard InChI is InChI=1S/C10H18N4O/c1-14(2)10(15)9(11)6-8-7-12-4-3-5-13-8/h6,12H,3-5,7,11H2,1-2H3/b9-6-. The van der Waals surface area contributed by atoms with Gasteiger partial charge in [-0.1, -0.05) is 0 Å². The van der Waals surface area contributed by atoms with Crippen molar-refractivity contribution in [2.45, 2.75) is 6.42 Å². The molecular formula is C10H18N4O. The van der Waals surface area contributed by atoms with E-state index in [0.29, 0.717) is 6.54 Å². The van der Waals surface area contributed by atoms with Gasteiger partial charge in [-0.3, -0.25) is 9.79 Å². The lowest BCUT2D eigenvalue weighted by Gasteiger charge is -2.10. The lowest BCUT2D eigenvalue weighted by molar-refractivity contribution is -0.124. The Labute approximate surface area is 90.0 Å². The van der Waals surface area contributed by atoms with Gasteiger partial charge in [0.1, 0.15) is 0 Å². The molecule has 84 valence electrons. The summed E-state index contributed by atoms with van der Waals surface area (Å²) in [4.78, 5) is 17.2. The van der Waals surface area contributed by atoms with Crippen LogP contribution in [0.3, 0.4) is 0 Å². The van der Waals surface area contributed by atoms with Crippen LogP contribution in [-0.4, -0.2) is 50.2 Å². The van der Waals surface area contributed by atoms with Crippen molar-refractivity contribution in [3.05, 3.63) is 11.8 Å². The fraction of sp³-hybridized carbons (Fsp3) is 0.600. The molecule has 0 aromatic heterocycles. The highest BCUT2D eigenvalue weighted by molar-refractivity contribution is 6.04. The Morgan fingerprint density at radius 1 is 1.60 bits per heavy atom. The van der Waals surface area contributed by atoms with E-state index >= 15 is 0 Å². The van der Waals surface area contributed by atoms with Gasteiger partial charge in [-0.2, -0.15) is 0 Å². The molecule has 1 aliphatic heterocycles. The van der Waals surface area contributed by atoms with Crippen molar-refractivity contribution in [1.82, 2.24) is 10.2 Å². The van der Waals surface area contributed by atoms with Crippen LogP contribution in [0.1, 0.15) is 6.42 Å². The third-order valence-corrected chi connectivity index (χ3v) is 2.11. The molecule has 0 aromatic carbocycles. The number of rotatable bonds is 2. The maximum atomic E-state index is 11.5. The Kier molecular flexibility index (Phi) is 4.30. The Balaban J connectivity index is 2.68. The number of nitrogens with one attached hydrogen (secondary N) is 1. The van der Waals surface area contributed by atoms with E-state index in [1.807, 2.05) is 0 Å². The lowest BCUT2D eigenvalue weighted by Crippen LogP contribution is -2.29. The van der Waals surface area contributed by atoms with Crippen LogP contribution in [0, 0.1) is 0 Å². The molecule has 0 saturated heterocycles. The largest absolute Gasteiger partial charge is 0.394 e. The summed E-state index contributed by atoms with van der Waals surface area (Å²) in [6.07, 6.45) is 2.68. The highest BCUT2D eigenvalue weighted by Gasteiger charge is 2.09. The number of aliphatic imine (C=N–C) groups is 1. The highest BCUT2D eigenvalue weighted by Crippen LogP contribution is 1.95. The van der Waals surface area contributed by atoms with E-state index in [-0.39, 0.29) is 11.6 Å². The first kappa shape index (κ1) is 11.7. The first-order chi connectivity index (χ1) is 7.11. The Morgan fingerprint density at radius 3 is 3.00 bits per heavy atom. The van der Waals surface area contributed by atoms with Gasteiger partial charge in [0.05, 0.1) is 11.4 Å². The van der Waals surface area contributed by atoms with Crippen molar-refractivity contribution < 1.29 is 4.79 Å². The van der Waals surface area contributed by atoms with Crippen LogP contribution in [0.4, 0.5) is 0 Å². The first-order valence-electron chi connectivity index (χ1n) is 5.04. The predicted octanol–water partition coefficient (Wildman–Crippen LogP) is -0.648. The quantitative estimate of drug-likeness (QED) is 0.595. The normalized spacial score (nSPS) is 18.0. The summed E-state index contributed by atoms with van der Waals surface area (Å²) in [5.74, 6) is -0.179. The molecule has 0 spiro atoms. The fourth-order valence-corrected chi connectivity index (χ4v) is 1.30. The maximum absolute atomic E-state index is 11.5. The van der Waals surface area contributed by atoms with Crippen molar-refractivity contribution in [2.75, 3.05) is 33.7 Å². The zero-order valence-corrected chi connectivity index (χ0v) is 9.29. The van der Waals surface area contributed by atoms with Crippen molar-refractivity contribution in [3.8, 4) is 0 Å². The van der Waals surface area contributed by atoms with Crippen LogP contribution in [0.5, 0.6) is 0 Å². The summed E-state index contributed by atoms with van der Waals surface area (Å²) < 4.78 is 0. The van der Waals surface area contributed by atoms with E-state index < -0.39 is 0 Å². The average molecular weight is 210 g/mol. The topological polar surface area (TPSA) is 70.7 Å². The molecule has 0 aromatic rings. The molecule has 0 atom stereocenters. The van der Waals surface area contributed by atoms with Crippen molar-refractivity contribution in [1.29, 1.82) is 0 Å². The molecule has 1 heterocycles. The molecule has 15 heavy (non-hydrogen) atoms. The minimum absolute atomic E-state index is 0.179. The minimum Gasteiger partial charge on any atom is -0.394 e. The number of amides is 1. The Morgan fingerprint density at radius 2 is 2.33 bits per heavy atom. The molecule has 0 radical (unpaired) electrons. The number of nitrogens with zero attached hydrogens (tertiary/aromatic N) is 2. The van der Waals surface area contributed by atoms with Gasteiger partial charge in [0.25, 0.3) is 5.91 Å². The number of nitrogens with two attached hydrogens (primary N) is 1. The molecule has 3 N–H and O–H groups in total. The molecule has 1 aliphatic rings. The van der Waals surface area contributed by atoms with Gasteiger partial charge in [0, 0.05) is 27.2 Å². The van der Waals surface area contributed by atoms with E-state index in [2.05, 4.69) is 10.3 Å². The van der Waals surface area contributed by atoms with Gasteiger partial charge < -0.3 is 16.0 Å². The molecule has 0 bridgehead atoms. The van der Waals surface area contributed by atoms with Crippen molar-refractivity contribution >= 4 is 11.6 Å². The molecule has 1 amide bonds. The van der Waals surface area contributed by atoms with Gasteiger partial charge in [0.2, 0.25) is 0 Å². The molecule has 0 fully saturated rings. The molecule has 5 nitrogen and oxygen atoms in total. The Hall–Kier alpha value is -1.36. The van der Waals surface area contributed by atoms with E-state index in [1.54, 1.807) is 20.2 Å². The summed E-state index contributed by atoms with van der Waals surface area (Å²) in [6.45, 7) is 2.44. The van der Waals surface area contributed by atoms with E-state index in [4.69, 9.17) is 5.73 Å². The van der Waals surface area contributed by atoms with E-state index in [1.165, 1.54) is 4.90 Å². The van der Waals surface area contributed by atoms with Crippen LogP contribution in [0.2, 0.25) is 0 Å². The smallest absolute Gasteiger partial charge is 0.269 e. The minimum atomic E-state index is -0.179. The van der Waals surface area contributed by atoms with Crippen LogP contribution >= 0.6 is 0 Å². The second-order valence-electron chi connectivity index (χ2n) is 3.70. The molecule has 1 rings (SSSR count). The van der Waals surface area contributed by atoms with Gasteiger partial charge >= 0.3 is 0 Å². The number of hydrogen-bond donors (Lipinski definition) is 2. The number of carbonyl (C=O) groups excluding carboxylic acids is 1. The van der Waals surface area contributed by atoms with E-state index in [0.717, 1.165) is 25.2 Å². The second kappa shape index (κ2) is 5.50. The first-order valence-corrected chi connectivity index (χ1v) is 5.04. The SMILES string of the molecule is CN(C)C(=O)/C(N)=C/C1=NCCCNC1. The number of likely N-dealkylation sites (N-methyl/N-ethyl adjacent to an activating group) is 1. The monoisotopic (exact) mass is 210 g/mol. The fourth-order valence-electron chi connectivity index (χ4n) is 1.30. The van der Waals surface area contributed by atoms with Crippen LogP contribution < -0.4 is 11.1 Å². The molecule has 0 unspecified atom stereocenters. The second-order valence-corrected chi connectivity index (χ2v) is 3.70. The van der Waals surface area contributed by atoms with Gasteiger partial charge in [-0.15, -0.1) is 0 Å². The predicted molar refractivity (Wildman–Crippen MR) is 60.8 cm³/mol. The summed E-state index contributed by atoms with van der Waals surface area (Å²) in [5.41, 5.74) is 6.75. The Bertz CT molecular complexity index is 294. The number of hydrogen-bond acceptors (Lipinski definition) is 4. The zero-order chi connectivity index (χ0) is 11.3. The molecule has 0 aliphatic carbocycles. The highest BCUT2D eigenvalue weighted by atomic mass is 16.2. The molecule has 0 saturated carbocycles. The molecular weight excluding hydrogens is 192 g/mol. The summed E-state index contributed by atoms with van der Waals surface area (Å²) in [6, 6.07) is 0. The summed E-state index contributed by atoms with van der Waals surface area (Å²) >= 11 is 0. The molecule has 5 heteroatoms. The third kappa shape index (κ3) is 3.71. The van der Waals surface area contributed by atoms with Gasteiger partial charge in [0.15, 0.2) is 0 Å². The van der Waals surface area contributed by atoms with Gasteiger partial charge in [-0.05, 0) is 19.0 Å². The lowest BCUT2D eigenvalue weighted by atomic mass is 10.2. The van der Waals surface area contributed by atoms with Crippen LogP contribution in [0.15, 0.2) is 16.8 Å². The third-order valence-electron chi connectivity index (χ3n) is 2.11. The van der Waals surface area contributed by atoms with Crippen molar-refractivity contribution in [3.63, 3.8) is 0 Å².